The van der Waals surface area contributed by atoms with Crippen LogP contribution in [0.1, 0.15) is 12.8 Å². The van der Waals surface area contributed by atoms with E-state index >= 15 is 0 Å². The zero-order valence-corrected chi connectivity index (χ0v) is 10.9. The summed E-state index contributed by atoms with van der Waals surface area (Å²) in [4.78, 5) is 24.3. The Morgan fingerprint density at radius 2 is 1.95 bits per heavy atom. The summed E-state index contributed by atoms with van der Waals surface area (Å²) < 4.78 is 39.6. The average Bonchev–Trinajstić information content (AvgIpc) is 2.83. The highest BCUT2D eigenvalue weighted by Crippen LogP contribution is 2.23. The highest BCUT2D eigenvalue weighted by atomic mass is 19.4. The van der Waals surface area contributed by atoms with Gasteiger partial charge in [0, 0.05) is 24.3 Å². The quantitative estimate of drug-likeness (QED) is 0.934. The molecular weight excluding hydrogens is 289 g/mol. The van der Waals surface area contributed by atoms with E-state index in [1.54, 1.807) is 17.0 Å². The molecule has 1 aromatic carbocycles. The first kappa shape index (κ1) is 15.1. The van der Waals surface area contributed by atoms with Crippen molar-refractivity contribution >= 4 is 23.4 Å². The topological polar surface area (TPSA) is 58.6 Å². The molecule has 1 aromatic rings. The highest BCUT2D eigenvalue weighted by molar-refractivity contribution is 5.95. The van der Waals surface area contributed by atoms with Gasteiger partial charge in [0.2, 0.25) is 5.91 Å². The molecule has 2 rings (SSSR count). The lowest BCUT2D eigenvalue weighted by atomic mass is 10.2. The van der Waals surface area contributed by atoms with Crippen LogP contribution >= 0.6 is 0 Å². The van der Waals surface area contributed by atoms with Crippen LogP contribution in [-0.4, -0.2) is 31.3 Å². The lowest BCUT2D eigenvalue weighted by molar-refractivity contribution is -0.159. The normalized spacial score (nSPS) is 15.2. The monoisotopic (exact) mass is 302 g/mol. The summed E-state index contributed by atoms with van der Waals surface area (Å²) in [5, 5.41) is 2.18. The largest absolute Gasteiger partial charge is 0.440 e. The second kappa shape index (κ2) is 6.02. The van der Waals surface area contributed by atoms with Crippen LogP contribution in [-0.2, 0) is 9.53 Å². The number of amides is 2. The van der Waals surface area contributed by atoms with Gasteiger partial charge in [0.15, 0.2) is 6.61 Å². The number of carbonyl (C=O) groups excluding carboxylic acids is 2. The van der Waals surface area contributed by atoms with Crippen molar-refractivity contribution in [2.45, 2.75) is 19.0 Å². The average molecular weight is 302 g/mol. The van der Waals surface area contributed by atoms with Crippen LogP contribution in [0.4, 0.5) is 29.3 Å². The molecule has 0 aliphatic carbocycles. The number of anilines is 2. The fraction of sp³-hybridized carbons (Fsp3) is 0.385. The van der Waals surface area contributed by atoms with E-state index in [2.05, 4.69) is 10.1 Å². The fourth-order valence-electron chi connectivity index (χ4n) is 1.95. The van der Waals surface area contributed by atoms with Gasteiger partial charge in [-0.3, -0.25) is 10.1 Å². The van der Waals surface area contributed by atoms with Crippen molar-refractivity contribution in [2.24, 2.45) is 0 Å². The van der Waals surface area contributed by atoms with E-state index in [-0.39, 0.29) is 11.6 Å². The number of nitrogens with one attached hydrogen (secondary N) is 1. The molecular formula is C13H13F3N2O3. The Bertz CT molecular complexity index is 528. The minimum atomic E-state index is -4.56. The fourth-order valence-corrected chi connectivity index (χ4v) is 1.95. The number of hydrogen-bond acceptors (Lipinski definition) is 3. The maximum Gasteiger partial charge on any atom is 0.422 e. The molecule has 0 unspecified atom stereocenters. The maximum atomic E-state index is 11.9. The summed E-state index contributed by atoms with van der Waals surface area (Å²) >= 11 is 0. The lowest BCUT2D eigenvalue weighted by Gasteiger charge is -2.16. The molecule has 114 valence electrons. The van der Waals surface area contributed by atoms with Gasteiger partial charge in [-0.05, 0) is 30.7 Å². The molecule has 8 heteroatoms. The Labute approximate surface area is 118 Å². The van der Waals surface area contributed by atoms with Crippen molar-refractivity contribution in [2.75, 3.05) is 23.4 Å². The Hall–Kier alpha value is -2.25. The zero-order chi connectivity index (χ0) is 15.5. The van der Waals surface area contributed by atoms with Crippen molar-refractivity contribution in [3.05, 3.63) is 24.3 Å². The molecule has 5 nitrogen and oxygen atoms in total. The minimum Gasteiger partial charge on any atom is -0.440 e. The molecule has 21 heavy (non-hydrogen) atoms. The molecule has 0 bridgehead atoms. The molecule has 0 spiro atoms. The molecule has 1 saturated heterocycles. The summed E-state index contributed by atoms with van der Waals surface area (Å²) in [5.41, 5.74) is 0.976. The molecule has 1 fully saturated rings. The molecule has 1 aliphatic heterocycles. The molecule has 0 atom stereocenters. The summed E-state index contributed by atoms with van der Waals surface area (Å²) in [5.74, 6) is 0.0281. The molecule has 1 aliphatic rings. The number of hydrogen-bond donors (Lipinski definition) is 1. The van der Waals surface area contributed by atoms with Crippen LogP contribution in [0.25, 0.3) is 0 Å². The highest BCUT2D eigenvalue weighted by Gasteiger charge is 2.29. The number of carbonyl (C=O) groups is 2. The van der Waals surface area contributed by atoms with Crippen LogP contribution in [0.2, 0.25) is 0 Å². The molecule has 2 amide bonds. The predicted molar refractivity (Wildman–Crippen MR) is 69.1 cm³/mol. The SMILES string of the molecule is O=C(Nc1ccc(N2CCCC2=O)cc1)OCC(F)(F)F. The van der Waals surface area contributed by atoms with Crippen LogP contribution in [0.5, 0.6) is 0 Å². The van der Waals surface area contributed by atoms with Gasteiger partial charge >= 0.3 is 12.3 Å². The van der Waals surface area contributed by atoms with E-state index in [0.29, 0.717) is 18.7 Å². The first-order chi connectivity index (χ1) is 9.85. The third-order valence-electron chi connectivity index (χ3n) is 2.87. The summed E-state index contributed by atoms with van der Waals surface area (Å²) in [6, 6.07) is 6.22. The Balaban J connectivity index is 1.90. The molecule has 0 saturated carbocycles. The van der Waals surface area contributed by atoms with E-state index in [9.17, 15) is 22.8 Å². The van der Waals surface area contributed by atoms with E-state index < -0.39 is 18.9 Å². The van der Waals surface area contributed by atoms with Crippen LogP contribution < -0.4 is 10.2 Å². The molecule has 1 N–H and O–H groups in total. The van der Waals surface area contributed by atoms with E-state index in [0.717, 1.165) is 6.42 Å². The second-order valence-corrected chi connectivity index (χ2v) is 4.51. The predicted octanol–water partition coefficient (Wildman–Crippen LogP) is 2.92. The van der Waals surface area contributed by atoms with E-state index in [1.165, 1.54) is 12.1 Å². The minimum absolute atomic E-state index is 0.0281. The van der Waals surface area contributed by atoms with Gasteiger partial charge in [-0.1, -0.05) is 0 Å². The maximum absolute atomic E-state index is 11.9. The van der Waals surface area contributed by atoms with Crippen molar-refractivity contribution in [1.82, 2.24) is 0 Å². The molecule has 0 aromatic heterocycles. The van der Waals surface area contributed by atoms with Crippen molar-refractivity contribution in [3.8, 4) is 0 Å². The van der Waals surface area contributed by atoms with Gasteiger partial charge in [0.05, 0.1) is 0 Å². The van der Waals surface area contributed by atoms with Crippen LogP contribution in [0.3, 0.4) is 0 Å². The Morgan fingerprint density at radius 1 is 1.29 bits per heavy atom. The third-order valence-corrected chi connectivity index (χ3v) is 2.87. The molecule has 1 heterocycles. The number of halogens is 3. The van der Waals surface area contributed by atoms with Gasteiger partial charge in [0.1, 0.15) is 0 Å². The summed E-state index contributed by atoms with van der Waals surface area (Å²) in [7, 11) is 0. The van der Waals surface area contributed by atoms with Crippen LogP contribution in [0.15, 0.2) is 24.3 Å². The Morgan fingerprint density at radius 3 is 2.48 bits per heavy atom. The summed E-state index contributed by atoms with van der Waals surface area (Å²) in [6.45, 7) is -1.00. The Kier molecular flexibility index (Phi) is 4.35. The smallest absolute Gasteiger partial charge is 0.422 e. The van der Waals surface area contributed by atoms with Gasteiger partial charge in [0.25, 0.3) is 0 Å². The standard InChI is InChI=1S/C13H13F3N2O3/c14-13(15,16)8-21-12(20)17-9-3-5-10(6-4-9)18-7-1-2-11(18)19/h3-6H,1-2,7-8H2,(H,17,20). The van der Waals surface area contributed by atoms with Gasteiger partial charge in [-0.25, -0.2) is 4.79 Å². The van der Waals surface area contributed by atoms with Gasteiger partial charge < -0.3 is 9.64 Å². The number of rotatable bonds is 3. The van der Waals surface area contributed by atoms with Crippen molar-refractivity contribution in [3.63, 3.8) is 0 Å². The number of ether oxygens (including phenoxy) is 1. The number of alkyl halides is 3. The van der Waals surface area contributed by atoms with Crippen molar-refractivity contribution < 1.29 is 27.5 Å². The van der Waals surface area contributed by atoms with Crippen LogP contribution in [0, 0.1) is 0 Å². The number of benzene rings is 1. The first-order valence-corrected chi connectivity index (χ1v) is 6.26. The summed E-state index contributed by atoms with van der Waals surface area (Å²) in [6.07, 6.45) is -4.44. The molecule has 0 radical (unpaired) electrons. The van der Waals surface area contributed by atoms with Crippen molar-refractivity contribution in [1.29, 1.82) is 0 Å². The van der Waals surface area contributed by atoms with E-state index in [1.807, 2.05) is 0 Å². The second-order valence-electron chi connectivity index (χ2n) is 4.51. The first-order valence-electron chi connectivity index (χ1n) is 6.26. The third kappa shape index (κ3) is 4.37. The zero-order valence-electron chi connectivity index (χ0n) is 10.9. The van der Waals surface area contributed by atoms with E-state index in [4.69, 9.17) is 0 Å². The number of nitrogens with zero attached hydrogens (tertiary/aromatic N) is 1. The lowest BCUT2D eigenvalue weighted by Crippen LogP contribution is -2.24. The van der Waals surface area contributed by atoms with Gasteiger partial charge in [-0.15, -0.1) is 0 Å². The van der Waals surface area contributed by atoms with Gasteiger partial charge in [-0.2, -0.15) is 13.2 Å².